The van der Waals surface area contributed by atoms with E-state index in [4.69, 9.17) is 0 Å². The number of benzene rings is 2. The number of nitrogens with one attached hydrogen (secondary N) is 1. The van der Waals surface area contributed by atoms with E-state index in [-0.39, 0.29) is 33.8 Å². The zero-order valence-electron chi connectivity index (χ0n) is 15.7. The molecule has 0 bridgehead atoms. The Hall–Kier alpha value is -3.48. The third-order valence-corrected chi connectivity index (χ3v) is 4.57. The van der Waals surface area contributed by atoms with Crippen LogP contribution in [0.15, 0.2) is 48.7 Å². The maximum absolute atomic E-state index is 12.3. The summed E-state index contributed by atoms with van der Waals surface area (Å²) in [5.41, 5.74) is 1.96. The van der Waals surface area contributed by atoms with Crippen LogP contribution >= 0.6 is 0 Å². The van der Waals surface area contributed by atoms with E-state index in [2.05, 4.69) is 10.3 Å². The summed E-state index contributed by atoms with van der Waals surface area (Å²) in [5.74, 6) is -0.375. The minimum Gasteiger partial charge on any atom is -0.505 e. The number of phenolic OH excluding ortho intramolecular Hbond substituents is 1. The summed E-state index contributed by atoms with van der Waals surface area (Å²) in [6, 6.07) is 11.1. The van der Waals surface area contributed by atoms with Crippen LogP contribution in [-0.4, -0.2) is 20.9 Å². The fourth-order valence-electron chi connectivity index (χ4n) is 3.16. The van der Waals surface area contributed by atoms with Gasteiger partial charge in [0.1, 0.15) is 11.3 Å². The lowest BCUT2D eigenvalue weighted by Gasteiger charge is -2.21. The van der Waals surface area contributed by atoms with E-state index in [1.54, 1.807) is 12.1 Å². The number of hydrogen-bond donors (Lipinski definition) is 2. The average Bonchev–Trinajstić information content (AvgIpc) is 2.68. The fourth-order valence-corrected chi connectivity index (χ4v) is 3.16. The third kappa shape index (κ3) is 3.78. The molecule has 3 rings (SSSR count). The molecule has 0 aliphatic rings. The molecule has 0 aliphatic heterocycles. The van der Waals surface area contributed by atoms with Crippen molar-refractivity contribution in [2.45, 2.75) is 32.7 Å². The summed E-state index contributed by atoms with van der Waals surface area (Å²) in [6.45, 7) is 3.83. The minimum atomic E-state index is -0.732. The first-order valence-corrected chi connectivity index (χ1v) is 9.03. The van der Waals surface area contributed by atoms with Crippen LogP contribution in [0, 0.1) is 17.0 Å². The highest BCUT2D eigenvalue weighted by atomic mass is 16.6. The van der Waals surface area contributed by atoms with Gasteiger partial charge in [0, 0.05) is 24.2 Å². The largest absolute Gasteiger partial charge is 0.505 e. The number of rotatable bonds is 6. The zero-order valence-corrected chi connectivity index (χ0v) is 15.7. The van der Waals surface area contributed by atoms with Crippen molar-refractivity contribution < 1.29 is 14.8 Å². The monoisotopic (exact) mass is 379 g/mol. The summed E-state index contributed by atoms with van der Waals surface area (Å²) < 4.78 is 0. The van der Waals surface area contributed by atoms with E-state index in [0.717, 1.165) is 11.1 Å². The summed E-state index contributed by atoms with van der Waals surface area (Å²) >= 11 is 0. The Morgan fingerprint density at radius 1 is 1.29 bits per heavy atom. The molecule has 0 spiro atoms. The smallest absolute Gasteiger partial charge is 0.279 e. The summed E-state index contributed by atoms with van der Waals surface area (Å²) in [4.78, 5) is 27.6. The normalized spacial score (nSPS) is 11.9. The van der Waals surface area contributed by atoms with Gasteiger partial charge in [0.2, 0.25) is 5.91 Å². The van der Waals surface area contributed by atoms with Crippen LogP contribution in [0.4, 0.5) is 5.69 Å². The first-order chi connectivity index (χ1) is 13.4. The third-order valence-electron chi connectivity index (χ3n) is 4.57. The zero-order chi connectivity index (χ0) is 20.3. The van der Waals surface area contributed by atoms with Crippen LogP contribution < -0.4 is 5.32 Å². The first kappa shape index (κ1) is 19.3. The number of carbonyl (C=O) groups excluding carboxylic acids is 1. The number of fused-ring (bicyclic) bond motifs is 1. The SMILES string of the molecule is CCCC(=O)NC(c1ccc(C)cc1)c1cc([N+](=O)[O-])c2cccnc2c1O. The Morgan fingerprint density at radius 3 is 2.64 bits per heavy atom. The number of aryl methyl sites for hydroxylation is 1. The maximum atomic E-state index is 12.3. The average molecular weight is 379 g/mol. The Bertz CT molecular complexity index is 1030. The van der Waals surface area contributed by atoms with Gasteiger partial charge in [-0.2, -0.15) is 0 Å². The van der Waals surface area contributed by atoms with Crippen LogP contribution in [0.1, 0.15) is 42.5 Å². The Morgan fingerprint density at radius 2 is 2.00 bits per heavy atom. The van der Waals surface area contributed by atoms with E-state index < -0.39 is 11.0 Å². The Balaban J connectivity index is 2.22. The van der Waals surface area contributed by atoms with Gasteiger partial charge in [0.25, 0.3) is 5.69 Å². The molecule has 1 heterocycles. The molecular formula is C21H21N3O4. The van der Waals surface area contributed by atoms with Crippen LogP contribution in [0.5, 0.6) is 5.75 Å². The lowest BCUT2D eigenvalue weighted by atomic mass is 9.94. The lowest BCUT2D eigenvalue weighted by molar-refractivity contribution is -0.383. The van der Waals surface area contributed by atoms with Gasteiger partial charge in [-0.15, -0.1) is 0 Å². The summed E-state index contributed by atoms with van der Waals surface area (Å²) in [6.07, 6.45) is 2.45. The molecule has 1 atom stereocenters. The van der Waals surface area contributed by atoms with Gasteiger partial charge in [-0.05, 0) is 31.0 Å². The van der Waals surface area contributed by atoms with Crippen molar-refractivity contribution in [2.24, 2.45) is 0 Å². The number of aromatic nitrogens is 1. The number of phenols is 1. The van der Waals surface area contributed by atoms with Gasteiger partial charge in [-0.1, -0.05) is 36.8 Å². The molecule has 2 N–H and O–H groups in total. The van der Waals surface area contributed by atoms with Crippen molar-refractivity contribution >= 4 is 22.5 Å². The molecule has 0 fully saturated rings. The molecule has 7 heteroatoms. The van der Waals surface area contributed by atoms with Gasteiger partial charge in [0.05, 0.1) is 16.4 Å². The number of hydrogen-bond acceptors (Lipinski definition) is 5. The Labute approximate surface area is 162 Å². The highest BCUT2D eigenvalue weighted by molar-refractivity contribution is 5.94. The molecule has 2 aromatic carbocycles. The second kappa shape index (κ2) is 8.04. The van der Waals surface area contributed by atoms with Crippen molar-refractivity contribution in [3.63, 3.8) is 0 Å². The predicted molar refractivity (Wildman–Crippen MR) is 106 cm³/mol. The molecule has 0 radical (unpaired) electrons. The van der Waals surface area contributed by atoms with Crippen molar-refractivity contribution in [1.82, 2.24) is 10.3 Å². The van der Waals surface area contributed by atoms with Gasteiger partial charge in [-0.25, -0.2) is 0 Å². The molecule has 0 aliphatic carbocycles. The Kier molecular flexibility index (Phi) is 5.54. The molecule has 144 valence electrons. The number of carbonyl (C=O) groups is 1. The van der Waals surface area contributed by atoms with Gasteiger partial charge >= 0.3 is 0 Å². The van der Waals surface area contributed by atoms with Crippen LogP contribution in [0.2, 0.25) is 0 Å². The summed E-state index contributed by atoms with van der Waals surface area (Å²) in [7, 11) is 0. The van der Waals surface area contributed by atoms with Crippen LogP contribution in [0.3, 0.4) is 0 Å². The minimum absolute atomic E-state index is 0.133. The second-order valence-corrected chi connectivity index (χ2v) is 6.65. The standard InChI is InChI=1S/C21H21N3O4/c1-3-5-18(25)23-19(14-9-7-13(2)8-10-14)16-12-17(24(27)28)15-6-4-11-22-20(15)21(16)26/h4,6-12,19,26H,3,5H2,1-2H3,(H,23,25). The van der Waals surface area contributed by atoms with Crippen molar-refractivity contribution in [1.29, 1.82) is 0 Å². The molecule has 0 saturated heterocycles. The van der Waals surface area contributed by atoms with E-state index >= 15 is 0 Å². The second-order valence-electron chi connectivity index (χ2n) is 6.65. The first-order valence-electron chi connectivity index (χ1n) is 9.03. The van der Waals surface area contributed by atoms with Gasteiger partial charge < -0.3 is 10.4 Å². The molecule has 1 aromatic heterocycles. The fraction of sp³-hybridized carbons (Fsp3) is 0.238. The predicted octanol–water partition coefficient (Wildman–Crippen LogP) is 4.16. The number of pyridine rings is 1. The number of amides is 1. The molecule has 1 amide bonds. The molecule has 0 saturated carbocycles. The van der Waals surface area contributed by atoms with E-state index in [1.807, 2.05) is 38.1 Å². The molecule has 1 unspecified atom stereocenters. The molecule has 28 heavy (non-hydrogen) atoms. The number of nitro benzene ring substituents is 1. The van der Waals surface area contributed by atoms with Crippen molar-refractivity contribution in [3.05, 3.63) is 75.5 Å². The maximum Gasteiger partial charge on any atom is 0.279 e. The van der Waals surface area contributed by atoms with Crippen LogP contribution in [-0.2, 0) is 4.79 Å². The number of nitro groups is 1. The topological polar surface area (TPSA) is 105 Å². The highest BCUT2D eigenvalue weighted by Crippen LogP contribution is 2.39. The quantitative estimate of drug-likeness (QED) is 0.494. The lowest BCUT2D eigenvalue weighted by Crippen LogP contribution is -2.29. The molecular weight excluding hydrogens is 358 g/mol. The van der Waals surface area contributed by atoms with Crippen molar-refractivity contribution in [2.75, 3.05) is 0 Å². The number of aromatic hydroxyl groups is 1. The van der Waals surface area contributed by atoms with Gasteiger partial charge in [-0.3, -0.25) is 19.9 Å². The summed E-state index contributed by atoms with van der Waals surface area (Å²) in [5, 5.41) is 25.6. The molecule has 3 aromatic rings. The number of non-ortho nitro benzene ring substituents is 1. The van der Waals surface area contributed by atoms with E-state index in [0.29, 0.717) is 12.8 Å². The molecule has 7 nitrogen and oxygen atoms in total. The van der Waals surface area contributed by atoms with Crippen molar-refractivity contribution in [3.8, 4) is 5.75 Å². The van der Waals surface area contributed by atoms with E-state index in [1.165, 1.54) is 12.3 Å². The van der Waals surface area contributed by atoms with E-state index in [9.17, 15) is 20.0 Å². The number of nitrogens with zero attached hydrogens (tertiary/aromatic N) is 2. The van der Waals surface area contributed by atoms with Crippen LogP contribution in [0.25, 0.3) is 10.9 Å². The van der Waals surface area contributed by atoms with Gasteiger partial charge in [0.15, 0.2) is 0 Å². The highest BCUT2D eigenvalue weighted by Gasteiger charge is 2.26.